The van der Waals surface area contributed by atoms with Crippen LogP contribution in [0.25, 0.3) is 0 Å². The lowest BCUT2D eigenvalue weighted by Crippen LogP contribution is -2.36. The fourth-order valence-corrected chi connectivity index (χ4v) is 4.46. The molecular weight excluding hydrogens is 326 g/mol. The maximum atomic E-state index is 12.3. The molecule has 0 radical (unpaired) electrons. The summed E-state index contributed by atoms with van der Waals surface area (Å²) in [4.78, 5) is 28.4. The standard InChI is InChI=1S/C20H31N5O/c26-19(24-9-1-2-10-24)15-17-6-13-23(14-7-17)16-18-5-8-21-20(22-18)25-11-3-4-12-25/h5,8,17H,1-4,6-7,9-16H2. The highest BCUT2D eigenvalue weighted by Crippen LogP contribution is 2.24. The number of carbonyl (C=O) groups is 1. The molecular formula is C20H31N5O. The van der Waals surface area contributed by atoms with Crippen LogP contribution >= 0.6 is 0 Å². The maximum Gasteiger partial charge on any atom is 0.225 e. The molecule has 0 atom stereocenters. The lowest BCUT2D eigenvalue weighted by Gasteiger charge is -2.32. The number of rotatable bonds is 5. The first-order valence-electron chi connectivity index (χ1n) is 10.3. The molecule has 0 aromatic carbocycles. The Labute approximate surface area is 156 Å². The number of piperidine rings is 1. The van der Waals surface area contributed by atoms with Gasteiger partial charge in [0.25, 0.3) is 0 Å². The fraction of sp³-hybridized carbons (Fsp3) is 0.750. The van der Waals surface area contributed by atoms with E-state index in [0.717, 1.165) is 76.7 Å². The Hall–Kier alpha value is -1.69. The van der Waals surface area contributed by atoms with Gasteiger partial charge in [0.1, 0.15) is 0 Å². The lowest BCUT2D eigenvalue weighted by molar-refractivity contribution is -0.131. The van der Waals surface area contributed by atoms with Crippen molar-refractivity contribution in [1.29, 1.82) is 0 Å². The molecule has 1 amide bonds. The van der Waals surface area contributed by atoms with Crippen LogP contribution in [0, 0.1) is 5.92 Å². The van der Waals surface area contributed by atoms with Crippen LogP contribution in [0.4, 0.5) is 5.95 Å². The number of carbonyl (C=O) groups excluding carboxylic acids is 1. The van der Waals surface area contributed by atoms with Crippen molar-refractivity contribution in [3.8, 4) is 0 Å². The third kappa shape index (κ3) is 4.34. The third-order valence-electron chi connectivity index (χ3n) is 6.10. The van der Waals surface area contributed by atoms with Crippen molar-refractivity contribution in [3.63, 3.8) is 0 Å². The highest BCUT2D eigenvalue weighted by atomic mass is 16.2. The lowest BCUT2D eigenvalue weighted by atomic mass is 9.93. The summed E-state index contributed by atoms with van der Waals surface area (Å²) in [6, 6.07) is 2.04. The summed E-state index contributed by atoms with van der Waals surface area (Å²) >= 11 is 0. The van der Waals surface area contributed by atoms with Crippen LogP contribution in [0.15, 0.2) is 12.3 Å². The summed E-state index contributed by atoms with van der Waals surface area (Å²) in [5.74, 6) is 1.84. The van der Waals surface area contributed by atoms with Crippen LogP contribution in [0.3, 0.4) is 0 Å². The van der Waals surface area contributed by atoms with Gasteiger partial charge in [-0.3, -0.25) is 9.69 Å². The Morgan fingerprint density at radius 2 is 1.69 bits per heavy atom. The van der Waals surface area contributed by atoms with Crippen molar-refractivity contribution >= 4 is 11.9 Å². The molecule has 142 valence electrons. The Morgan fingerprint density at radius 1 is 1.00 bits per heavy atom. The van der Waals surface area contributed by atoms with Gasteiger partial charge < -0.3 is 9.80 Å². The Kier molecular flexibility index (Phi) is 5.68. The Bertz CT molecular complexity index is 602. The van der Waals surface area contributed by atoms with E-state index in [1.165, 1.54) is 25.7 Å². The van der Waals surface area contributed by atoms with E-state index >= 15 is 0 Å². The molecule has 4 rings (SSSR count). The second-order valence-electron chi connectivity index (χ2n) is 8.05. The van der Waals surface area contributed by atoms with E-state index in [-0.39, 0.29) is 0 Å². The zero-order chi connectivity index (χ0) is 17.8. The van der Waals surface area contributed by atoms with Gasteiger partial charge in [-0.15, -0.1) is 0 Å². The number of aromatic nitrogens is 2. The van der Waals surface area contributed by atoms with E-state index < -0.39 is 0 Å². The average molecular weight is 358 g/mol. The Morgan fingerprint density at radius 3 is 2.42 bits per heavy atom. The van der Waals surface area contributed by atoms with E-state index in [0.29, 0.717) is 11.8 Å². The normalized spacial score (nSPS) is 22.3. The smallest absolute Gasteiger partial charge is 0.225 e. The van der Waals surface area contributed by atoms with Gasteiger partial charge in [0.2, 0.25) is 11.9 Å². The molecule has 6 nitrogen and oxygen atoms in total. The molecule has 3 fully saturated rings. The first kappa shape index (κ1) is 17.7. The third-order valence-corrected chi connectivity index (χ3v) is 6.10. The van der Waals surface area contributed by atoms with Gasteiger partial charge >= 0.3 is 0 Å². The van der Waals surface area contributed by atoms with Crippen LogP contribution in [-0.2, 0) is 11.3 Å². The topological polar surface area (TPSA) is 52.6 Å². The zero-order valence-electron chi connectivity index (χ0n) is 15.8. The molecule has 0 spiro atoms. The second-order valence-corrected chi connectivity index (χ2v) is 8.05. The molecule has 0 saturated carbocycles. The quantitative estimate of drug-likeness (QED) is 0.809. The molecule has 3 aliphatic rings. The second kappa shape index (κ2) is 8.33. The summed E-state index contributed by atoms with van der Waals surface area (Å²) in [6.07, 6.45) is 9.77. The monoisotopic (exact) mass is 357 g/mol. The predicted molar refractivity (Wildman–Crippen MR) is 102 cm³/mol. The molecule has 6 heteroatoms. The van der Waals surface area contributed by atoms with E-state index in [2.05, 4.69) is 19.7 Å². The number of amides is 1. The molecule has 0 bridgehead atoms. The summed E-state index contributed by atoms with van der Waals surface area (Å²) in [7, 11) is 0. The van der Waals surface area contributed by atoms with Gasteiger partial charge in [0.15, 0.2) is 0 Å². The van der Waals surface area contributed by atoms with Gasteiger partial charge in [-0.05, 0) is 63.6 Å². The van der Waals surface area contributed by atoms with Gasteiger partial charge in [0, 0.05) is 45.3 Å². The SMILES string of the molecule is O=C(CC1CCN(Cc2ccnc(N3CCCC3)n2)CC1)N1CCCC1. The molecule has 1 aromatic rings. The van der Waals surface area contributed by atoms with Gasteiger partial charge in [-0.1, -0.05) is 0 Å². The van der Waals surface area contributed by atoms with Crippen molar-refractivity contribution < 1.29 is 4.79 Å². The summed E-state index contributed by atoms with van der Waals surface area (Å²) < 4.78 is 0. The molecule has 3 saturated heterocycles. The summed E-state index contributed by atoms with van der Waals surface area (Å²) in [6.45, 7) is 7.16. The first-order valence-corrected chi connectivity index (χ1v) is 10.3. The molecule has 4 heterocycles. The van der Waals surface area contributed by atoms with Crippen molar-refractivity contribution in [3.05, 3.63) is 18.0 Å². The van der Waals surface area contributed by atoms with E-state index in [9.17, 15) is 4.79 Å². The molecule has 26 heavy (non-hydrogen) atoms. The predicted octanol–water partition coefficient (Wildman–Crippen LogP) is 2.30. The van der Waals surface area contributed by atoms with E-state index in [1.807, 2.05) is 12.3 Å². The van der Waals surface area contributed by atoms with Crippen molar-refractivity contribution in [2.75, 3.05) is 44.2 Å². The maximum absolute atomic E-state index is 12.3. The fourth-order valence-electron chi connectivity index (χ4n) is 4.46. The minimum atomic E-state index is 0.381. The largest absolute Gasteiger partial charge is 0.343 e. The van der Waals surface area contributed by atoms with E-state index in [4.69, 9.17) is 4.98 Å². The number of nitrogens with zero attached hydrogens (tertiary/aromatic N) is 5. The van der Waals surface area contributed by atoms with Gasteiger partial charge in [0.05, 0.1) is 5.69 Å². The highest BCUT2D eigenvalue weighted by Gasteiger charge is 2.25. The van der Waals surface area contributed by atoms with Crippen LogP contribution in [0.5, 0.6) is 0 Å². The van der Waals surface area contributed by atoms with Gasteiger partial charge in [-0.25, -0.2) is 9.97 Å². The highest BCUT2D eigenvalue weighted by molar-refractivity contribution is 5.76. The van der Waals surface area contributed by atoms with Crippen LogP contribution in [-0.4, -0.2) is 64.9 Å². The summed E-state index contributed by atoms with van der Waals surface area (Å²) in [5, 5.41) is 0. The average Bonchev–Trinajstić information content (AvgIpc) is 3.38. The number of anilines is 1. The van der Waals surface area contributed by atoms with E-state index in [1.54, 1.807) is 0 Å². The Balaban J connectivity index is 1.24. The van der Waals surface area contributed by atoms with Crippen molar-refractivity contribution in [1.82, 2.24) is 19.8 Å². The number of hydrogen-bond acceptors (Lipinski definition) is 5. The molecule has 0 unspecified atom stereocenters. The molecule has 1 aromatic heterocycles. The van der Waals surface area contributed by atoms with Crippen molar-refractivity contribution in [2.45, 2.75) is 51.5 Å². The molecule has 0 aliphatic carbocycles. The first-order chi connectivity index (χ1) is 12.8. The summed E-state index contributed by atoms with van der Waals surface area (Å²) in [5.41, 5.74) is 1.12. The minimum absolute atomic E-state index is 0.381. The number of likely N-dealkylation sites (tertiary alicyclic amines) is 2. The van der Waals surface area contributed by atoms with Gasteiger partial charge in [-0.2, -0.15) is 0 Å². The van der Waals surface area contributed by atoms with Crippen LogP contribution in [0.2, 0.25) is 0 Å². The molecule has 3 aliphatic heterocycles. The van der Waals surface area contributed by atoms with Crippen molar-refractivity contribution in [2.24, 2.45) is 5.92 Å². The number of hydrogen-bond donors (Lipinski definition) is 0. The van der Waals surface area contributed by atoms with Crippen LogP contribution in [0.1, 0.15) is 50.6 Å². The van der Waals surface area contributed by atoms with Crippen LogP contribution < -0.4 is 4.90 Å². The zero-order valence-corrected chi connectivity index (χ0v) is 15.8. The molecule has 0 N–H and O–H groups in total. The minimum Gasteiger partial charge on any atom is -0.343 e.